The largest absolute Gasteiger partial charge is 0.411 e. The van der Waals surface area contributed by atoms with Gasteiger partial charge in [-0.05, 0) is 41.9 Å². The van der Waals surface area contributed by atoms with Crippen LogP contribution in [0.2, 0.25) is 0 Å². The maximum absolute atomic E-state index is 9.14. The molecule has 74 valence electrons. The SMILES string of the molecule is O/N=C1\[C@H]2[C@@H]3C[C@@H]4[C@H]5[C@H](Br)[C@@H]([C@@H]1[C@@H]35)[C@H]42. The summed E-state index contributed by atoms with van der Waals surface area (Å²) in [4.78, 5) is 0.752. The summed E-state index contributed by atoms with van der Waals surface area (Å²) in [5.41, 5.74) is 1.20. The third-order valence-corrected chi connectivity index (χ3v) is 7.38. The first kappa shape index (κ1) is 7.26. The molecule has 6 aliphatic rings. The fourth-order valence-corrected chi connectivity index (χ4v) is 7.79. The van der Waals surface area contributed by atoms with Gasteiger partial charge in [0, 0.05) is 16.7 Å². The Morgan fingerprint density at radius 3 is 2.57 bits per heavy atom. The second-order valence-electron chi connectivity index (χ2n) is 5.89. The molecule has 0 spiro atoms. The summed E-state index contributed by atoms with van der Waals surface area (Å²) < 4.78 is 0. The number of rotatable bonds is 0. The van der Waals surface area contributed by atoms with Gasteiger partial charge in [0.1, 0.15) is 0 Å². The van der Waals surface area contributed by atoms with Crippen LogP contribution >= 0.6 is 15.9 Å². The van der Waals surface area contributed by atoms with Crippen molar-refractivity contribution in [2.75, 3.05) is 0 Å². The van der Waals surface area contributed by atoms with Crippen LogP contribution in [0.3, 0.4) is 0 Å². The van der Waals surface area contributed by atoms with E-state index in [1.54, 1.807) is 0 Å². The van der Waals surface area contributed by atoms with E-state index in [9.17, 15) is 0 Å². The van der Waals surface area contributed by atoms with E-state index >= 15 is 0 Å². The Morgan fingerprint density at radius 2 is 1.86 bits per heavy atom. The van der Waals surface area contributed by atoms with Gasteiger partial charge in [0.2, 0.25) is 0 Å². The number of nitrogens with zero attached hydrogens (tertiary/aromatic N) is 1. The lowest BCUT2D eigenvalue weighted by molar-refractivity contribution is 0.132. The summed E-state index contributed by atoms with van der Waals surface area (Å²) in [5, 5.41) is 12.8. The summed E-state index contributed by atoms with van der Waals surface area (Å²) in [6.45, 7) is 0. The second kappa shape index (κ2) is 1.81. The van der Waals surface area contributed by atoms with Crippen LogP contribution in [0.1, 0.15) is 6.42 Å². The molecule has 1 N–H and O–H groups in total. The molecular weight excluding hydrogens is 242 g/mol. The van der Waals surface area contributed by atoms with E-state index in [4.69, 9.17) is 5.21 Å². The fourth-order valence-electron chi connectivity index (χ4n) is 6.36. The van der Waals surface area contributed by atoms with Crippen molar-refractivity contribution in [3.05, 3.63) is 0 Å². The molecular formula is C11H12BrNO. The van der Waals surface area contributed by atoms with Crippen LogP contribution in [0.15, 0.2) is 5.16 Å². The highest BCUT2D eigenvalue weighted by Crippen LogP contribution is 2.82. The molecule has 0 amide bonds. The van der Waals surface area contributed by atoms with Crippen LogP contribution in [0.5, 0.6) is 0 Å². The average molecular weight is 254 g/mol. The van der Waals surface area contributed by atoms with Gasteiger partial charge in [0.15, 0.2) is 0 Å². The summed E-state index contributed by atoms with van der Waals surface area (Å²) >= 11 is 3.91. The number of halogens is 1. The number of hydrogen-bond donors (Lipinski definition) is 1. The molecule has 0 saturated heterocycles. The highest BCUT2D eigenvalue weighted by Gasteiger charge is 2.82. The minimum atomic E-state index is 0.674. The van der Waals surface area contributed by atoms with E-state index in [1.165, 1.54) is 12.1 Å². The predicted octanol–water partition coefficient (Wildman–Crippen LogP) is 1.97. The van der Waals surface area contributed by atoms with Gasteiger partial charge in [-0.3, -0.25) is 0 Å². The van der Waals surface area contributed by atoms with E-state index in [2.05, 4.69) is 21.1 Å². The molecule has 0 aliphatic heterocycles. The van der Waals surface area contributed by atoms with Gasteiger partial charge >= 0.3 is 0 Å². The Balaban J connectivity index is 1.85. The Hall–Kier alpha value is -0.0500. The molecule has 2 nitrogen and oxygen atoms in total. The lowest BCUT2D eigenvalue weighted by Crippen LogP contribution is -2.30. The first-order valence-electron chi connectivity index (χ1n) is 5.70. The number of hydrogen-bond acceptors (Lipinski definition) is 2. The van der Waals surface area contributed by atoms with Gasteiger partial charge in [-0.15, -0.1) is 0 Å². The van der Waals surface area contributed by atoms with Gasteiger partial charge in [-0.2, -0.15) is 0 Å². The van der Waals surface area contributed by atoms with E-state index in [0.29, 0.717) is 11.8 Å². The molecule has 6 rings (SSSR count). The van der Waals surface area contributed by atoms with Crippen LogP contribution in [0.25, 0.3) is 0 Å². The molecule has 0 unspecified atom stereocenters. The highest BCUT2D eigenvalue weighted by atomic mass is 79.9. The number of alkyl halides is 1. The van der Waals surface area contributed by atoms with Crippen LogP contribution in [0, 0.1) is 47.3 Å². The van der Waals surface area contributed by atoms with Gasteiger partial charge in [0.25, 0.3) is 0 Å². The molecule has 14 heavy (non-hydrogen) atoms. The second-order valence-corrected chi connectivity index (χ2v) is 6.95. The van der Waals surface area contributed by atoms with Crippen LogP contribution in [-0.2, 0) is 0 Å². The van der Waals surface area contributed by atoms with Crippen molar-refractivity contribution in [1.29, 1.82) is 0 Å². The Labute approximate surface area is 90.9 Å². The maximum atomic E-state index is 9.14. The predicted molar refractivity (Wildman–Crippen MR) is 54.5 cm³/mol. The third kappa shape index (κ3) is 0.427. The Morgan fingerprint density at radius 1 is 1.07 bits per heavy atom. The van der Waals surface area contributed by atoms with Gasteiger partial charge in [-0.25, -0.2) is 0 Å². The van der Waals surface area contributed by atoms with Crippen molar-refractivity contribution in [3.63, 3.8) is 0 Å². The smallest absolute Gasteiger partial charge is 0.0644 e. The standard InChI is InChI=1S/C11H12BrNO/c12-10-6-2-1-3-4(6)9-8(10)5(2)7(3)11(9)13-14/h2-10,14H,1H2/b13-11+/t2-,3+,4-,5+,6+,7-,8+,9-,10-/m0/s1. The van der Waals surface area contributed by atoms with Crippen molar-refractivity contribution >= 4 is 21.6 Å². The van der Waals surface area contributed by atoms with E-state index < -0.39 is 0 Å². The van der Waals surface area contributed by atoms with Crippen molar-refractivity contribution in [2.24, 2.45) is 52.5 Å². The zero-order valence-electron chi connectivity index (χ0n) is 7.68. The summed E-state index contributed by atoms with van der Waals surface area (Å²) in [6, 6.07) is 0. The molecule has 0 radical (unpaired) electrons. The highest BCUT2D eigenvalue weighted by molar-refractivity contribution is 9.09. The van der Waals surface area contributed by atoms with Crippen molar-refractivity contribution in [1.82, 2.24) is 0 Å². The minimum Gasteiger partial charge on any atom is -0.411 e. The van der Waals surface area contributed by atoms with E-state index in [1.807, 2.05) is 0 Å². The van der Waals surface area contributed by atoms with Crippen LogP contribution in [-0.4, -0.2) is 15.7 Å². The van der Waals surface area contributed by atoms with Gasteiger partial charge < -0.3 is 5.21 Å². The molecule has 6 bridgehead atoms. The molecule has 3 heteroatoms. The lowest BCUT2D eigenvalue weighted by Gasteiger charge is -2.32. The average Bonchev–Trinajstić information content (AvgIpc) is 2.85. The topological polar surface area (TPSA) is 32.6 Å². The molecule has 0 aromatic heterocycles. The molecule has 0 aromatic rings. The maximum Gasteiger partial charge on any atom is 0.0644 e. The molecule has 6 aliphatic carbocycles. The molecule has 0 aromatic carbocycles. The van der Waals surface area contributed by atoms with Crippen LogP contribution < -0.4 is 0 Å². The van der Waals surface area contributed by atoms with Crippen molar-refractivity contribution in [3.8, 4) is 0 Å². The molecule has 6 fully saturated rings. The Bertz CT molecular complexity index is 379. The Kier molecular flexibility index (Phi) is 0.940. The first-order valence-corrected chi connectivity index (χ1v) is 6.62. The number of oxime groups is 1. The minimum absolute atomic E-state index is 0.674. The quantitative estimate of drug-likeness (QED) is 0.400. The monoisotopic (exact) mass is 253 g/mol. The third-order valence-electron chi connectivity index (χ3n) is 6.16. The van der Waals surface area contributed by atoms with Crippen molar-refractivity contribution < 1.29 is 5.21 Å². The lowest BCUT2D eigenvalue weighted by atomic mass is 9.71. The van der Waals surface area contributed by atoms with Crippen LogP contribution in [0.4, 0.5) is 0 Å². The molecule has 0 heterocycles. The van der Waals surface area contributed by atoms with Crippen molar-refractivity contribution in [2.45, 2.75) is 11.2 Å². The summed E-state index contributed by atoms with van der Waals surface area (Å²) in [7, 11) is 0. The zero-order chi connectivity index (χ0) is 9.19. The molecule has 6 saturated carbocycles. The van der Waals surface area contributed by atoms with Gasteiger partial charge in [-0.1, -0.05) is 21.1 Å². The normalized spacial score (nSPS) is 77.8. The van der Waals surface area contributed by atoms with E-state index in [-0.39, 0.29) is 0 Å². The fraction of sp³-hybridized carbons (Fsp3) is 0.909. The zero-order valence-corrected chi connectivity index (χ0v) is 9.26. The molecule has 9 atom stereocenters. The first-order chi connectivity index (χ1) is 6.84. The summed E-state index contributed by atoms with van der Waals surface area (Å²) in [6.07, 6.45) is 1.44. The van der Waals surface area contributed by atoms with Gasteiger partial charge in [0.05, 0.1) is 5.71 Å². The summed E-state index contributed by atoms with van der Waals surface area (Å²) in [5.74, 6) is 6.84. The van der Waals surface area contributed by atoms with E-state index in [0.717, 1.165) is 40.3 Å².